The van der Waals surface area contributed by atoms with Crippen LogP contribution < -0.4 is 10.1 Å². The summed E-state index contributed by atoms with van der Waals surface area (Å²) in [4.78, 5) is 31.0. The molecule has 36 heavy (non-hydrogen) atoms. The molecule has 0 atom stereocenters. The molecule has 3 fully saturated rings. The van der Waals surface area contributed by atoms with Crippen molar-refractivity contribution in [1.29, 1.82) is 0 Å². The number of aryl methyl sites for hydroxylation is 2. The molecular weight excluding hydrogens is 454 g/mol. The number of piperidine rings is 1. The molecule has 3 aliphatic rings. The molecule has 2 aromatic heterocycles. The highest BCUT2D eigenvalue weighted by Gasteiger charge is 2.34. The van der Waals surface area contributed by atoms with Crippen molar-refractivity contribution in [1.82, 2.24) is 25.0 Å². The summed E-state index contributed by atoms with van der Waals surface area (Å²) in [5.74, 6) is 1.97. The van der Waals surface area contributed by atoms with Gasteiger partial charge in [-0.15, -0.1) is 0 Å². The summed E-state index contributed by atoms with van der Waals surface area (Å²) < 4.78 is 8.19. The zero-order chi connectivity index (χ0) is 25.1. The molecule has 8 nitrogen and oxygen atoms in total. The standard InChI is InChI=1S/C28H39N5O3/c1-19-4-3-14-29-27(19)36-24-9-5-21(6-10-24)11-17-33-18-25(22-7-8-22)26(31-33)28(35)32-15-12-23(13-16-32)30-20(2)34/h3-4,14,18,21-24H,5-13,15-17H2,1-2H3,(H,30,34)/t21-,24+. The maximum atomic E-state index is 13.4. The van der Waals surface area contributed by atoms with E-state index in [2.05, 4.69) is 16.5 Å². The van der Waals surface area contributed by atoms with Gasteiger partial charge in [0.15, 0.2) is 5.69 Å². The Kier molecular flexibility index (Phi) is 7.58. The van der Waals surface area contributed by atoms with Crippen LogP contribution in [0.1, 0.15) is 92.2 Å². The normalized spacial score (nSPS) is 22.9. The molecule has 0 radical (unpaired) electrons. The van der Waals surface area contributed by atoms with Gasteiger partial charge in [0.1, 0.15) is 6.10 Å². The minimum atomic E-state index is -0.00106. The minimum Gasteiger partial charge on any atom is -0.474 e. The first-order chi connectivity index (χ1) is 17.5. The quantitative estimate of drug-likeness (QED) is 0.594. The van der Waals surface area contributed by atoms with E-state index in [9.17, 15) is 9.59 Å². The zero-order valence-corrected chi connectivity index (χ0v) is 21.6. The van der Waals surface area contributed by atoms with Crippen molar-refractivity contribution in [3.63, 3.8) is 0 Å². The Bertz CT molecular complexity index is 1060. The average Bonchev–Trinajstić information content (AvgIpc) is 3.64. The number of ether oxygens (including phenoxy) is 1. The number of hydrogen-bond donors (Lipinski definition) is 1. The average molecular weight is 494 g/mol. The molecule has 2 amide bonds. The van der Waals surface area contributed by atoms with Crippen molar-refractivity contribution in [2.24, 2.45) is 5.92 Å². The van der Waals surface area contributed by atoms with Crippen molar-refractivity contribution >= 4 is 11.8 Å². The summed E-state index contributed by atoms with van der Waals surface area (Å²) in [7, 11) is 0. The van der Waals surface area contributed by atoms with Gasteiger partial charge in [-0.05, 0) is 82.6 Å². The number of carbonyl (C=O) groups excluding carboxylic acids is 2. The predicted octanol–water partition coefficient (Wildman–Crippen LogP) is 4.23. The first-order valence-corrected chi connectivity index (χ1v) is 13.7. The number of nitrogens with one attached hydrogen (secondary N) is 1. The van der Waals surface area contributed by atoms with Crippen LogP contribution in [-0.4, -0.2) is 56.7 Å². The van der Waals surface area contributed by atoms with Gasteiger partial charge in [0, 0.05) is 56.1 Å². The summed E-state index contributed by atoms with van der Waals surface area (Å²) in [6.07, 6.45) is 13.6. The van der Waals surface area contributed by atoms with Crippen LogP contribution in [0.15, 0.2) is 24.5 Å². The number of aromatic nitrogens is 3. The van der Waals surface area contributed by atoms with Gasteiger partial charge < -0.3 is 15.0 Å². The Morgan fingerprint density at radius 2 is 1.83 bits per heavy atom. The lowest BCUT2D eigenvalue weighted by Crippen LogP contribution is -2.46. The molecule has 1 aliphatic heterocycles. The summed E-state index contributed by atoms with van der Waals surface area (Å²) in [6, 6.07) is 4.15. The lowest BCUT2D eigenvalue weighted by Gasteiger charge is -2.32. The highest BCUT2D eigenvalue weighted by molar-refractivity contribution is 5.94. The molecule has 0 unspecified atom stereocenters. The van der Waals surface area contributed by atoms with Gasteiger partial charge in [0.2, 0.25) is 11.8 Å². The zero-order valence-electron chi connectivity index (χ0n) is 21.6. The molecule has 0 spiro atoms. The fourth-order valence-electron chi connectivity index (χ4n) is 5.68. The summed E-state index contributed by atoms with van der Waals surface area (Å²) in [5, 5.41) is 7.78. The van der Waals surface area contributed by atoms with Gasteiger partial charge in [-0.25, -0.2) is 4.98 Å². The number of rotatable bonds is 8. The molecule has 1 N–H and O–H groups in total. The molecule has 0 bridgehead atoms. The first-order valence-electron chi connectivity index (χ1n) is 13.7. The number of amides is 2. The highest BCUT2D eigenvalue weighted by Crippen LogP contribution is 2.42. The van der Waals surface area contributed by atoms with Crippen LogP contribution in [0.2, 0.25) is 0 Å². The number of pyridine rings is 1. The van der Waals surface area contributed by atoms with E-state index in [1.165, 1.54) is 0 Å². The molecule has 8 heteroatoms. The van der Waals surface area contributed by atoms with Crippen LogP contribution in [0.25, 0.3) is 0 Å². The minimum absolute atomic E-state index is 0.00106. The molecule has 194 valence electrons. The Balaban J connectivity index is 1.13. The van der Waals surface area contributed by atoms with Crippen LogP contribution in [0.4, 0.5) is 0 Å². The third kappa shape index (κ3) is 6.08. The van der Waals surface area contributed by atoms with Crippen LogP contribution in [-0.2, 0) is 11.3 Å². The Labute approximate surface area is 213 Å². The maximum Gasteiger partial charge on any atom is 0.274 e. The Morgan fingerprint density at radius 1 is 1.08 bits per heavy atom. The van der Waals surface area contributed by atoms with E-state index in [-0.39, 0.29) is 24.0 Å². The smallest absolute Gasteiger partial charge is 0.274 e. The third-order valence-electron chi connectivity index (χ3n) is 8.00. The van der Waals surface area contributed by atoms with Crippen molar-refractivity contribution < 1.29 is 14.3 Å². The number of likely N-dealkylation sites (tertiary alicyclic amines) is 1. The number of nitrogens with zero attached hydrogens (tertiary/aromatic N) is 4. The molecule has 3 heterocycles. The maximum absolute atomic E-state index is 13.4. The summed E-state index contributed by atoms with van der Waals surface area (Å²) in [6.45, 7) is 5.79. The molecule has 2 saturated carbocycles. The highest BCUT2D eigenvalue weighted by atomic mass is 16.5. The number of carbonyl (C=O) groups is 2. The van der Waals surface area contributed by atoms with Gasteiger partial charge in [0.05, 0.1) is 0 Å². The first kappa shape index (κ1) is 24.8. The van der Waals surface area contributed by atoms with E-state index in [1.807, 2.05) is 28.6 Å². The van der Waals surface area contributed by atoms with Crippen LogP contribution in [0.3, 0.4) is 0 Å². The molecule has 2 aromatic rings. The molecule has 1 saturated heterocycles. The van der Waals surface area contributed by atoms with E-state index in [4.69, 9.17) is 9.84 Å². The van der Waals surface area contributed by atoms with Crippen LogP contribution >= 0.6 is 0 Å². The van der Waals surface area contributed by atoms with Crippen LogP contribution in [0.5, 0.6) is 5.88 Å². The second-order valence-corrected chi connectivity index (χ2v) is 10.9. The van der Waals surface area contributed by atoms with Gasteiger partial charge in [-0.1, -0.05) is 6.07 Å². The second kappa shape index (κ2) is 11.0. The summed E-state index contributed by atoms with van der Waals surface area (Å²) >= 11 is 0. The fraction of sp³-hybridized carbons (Fsp3) is 0.643. The van der Waals surface area contributed by atoms with Crippen molar-refractivity contribution in [3.8, 4) is 5.88 Å². The van der Waals surface area contributed by atoms with E-state index in [0.29, 0.717) is 30.6 Å². The van der Waals surface area contributed by atoms with E-state index in [0.717, 1.165) is 81.3 Å². The van der Waals surface area contributed by atoms with E-state index < -0.39 is 0 Å². The lowest BCUT2D eigenvalue weighted by atomic mass is 9.85. The lowest BCUT2D eigenvalue weighted by molar-refractivity contribution is -0.119. The van der Waals surface area contributed by atoms with Gasteiger partial charge >= 0.3 is 0 Å². The molecular formula is C28H39N5O3. The Hall–Kier alpha value is -2.90. The largest absolute Gasteiger partial charge is 0.474 e. The van der Waals surface area contributed by atoms with E-state index in [1.54, 1.807) is 13.1 Å². The Morgan fingerprint density at radius 3 is 2.50 bits per heavy atom. The van der Waals surface area contributed by atoms with Crippen molar-refractivity contribution in [2.75, 3.05) is 13.1 Å². The predicted molar refractivity (Wildman–Crippen MR) is 137 cm³/mol. The van der Waals surface area contributed by atoms with Gasteiger partial charge in [-0.3, -0.25) is 14.3 Å². The van der Waals surface area contributed by atoms with Gasteiger partial charge in [-0.2, -0.15) is 5.10 Å². The SMILES string of the molecule is CC(=O)NC1CCN(C(=O)c2nn(CC[C@H]3CC[C@@H](Oc4ncccc4C)CC3)cc2C2CC2)CC1. The van der Waals surface area contributed by atoms with Crippen molar-refractivity contribution in [2.45, 2.75) is 96.2 Å². The van der Waals surface area contributed by atoms with Gasteiger partial charge in [0.25, 0.3) is 5.91 Å². The fourth-order valence-corrected chi connectivity index (χ4v) is 5.68. The van der Waals surface area contributed by atoms with Crippen molar-refractivity contribution in [3.05, 3.63) is 41.3 Å². The second-order valence-electron chi connectivity index (χ2n) is 10.9. The molecule has 2 aliphatic carbocycles. The number of hydrogen-bond acceptors (Lipinski definition) is 5. The van der Waals surface area contributed by atoms with Crippen LogP contribution in [0, 0.1) is 12.8 Å². The summed E-state index contributed by atoms with van der Waals surface area (Å²) in [5.41, 5.74) is 2.87. The molecule has 5 rings (SSSR count). The van der Waals surface area contributed by atoms with E-state index >= 15 is 0 Å². The molecule has 0 aromatic carbocycles. The topological polar surface area (TPSA) is 89.4 Å². The third-order valence-corrected chi connectivity index (χ3v) is 8.00. The monoisotopic (exact) mass is 493 g/mol.